The molecule has 1 heterocycles. The first-order valence-corrected chi connectivity index (χ1v) is 6.78. The van der Waals surface area contributed by atoms with Crippen LogP contribution in [0.15, 0.2) is 54.7 Å². The smallest absolute Gasteiger partial charge is 0.124 e. The van der Waals surface area contributed by atoms with E-state index in [-0.39, 0.29) is 17.5 Å². The normalized spacial score (nSPS) is 12.2. The molecule has 0 bridgehead atoms. The number of hydrogen-bond acceptors (Lipinski definition) is 4. The SMILES string of the molecule is CC(Nc1cccc2cccnc12)c1c(O)cccc1O. The molecule has 4 nitrogen and oxygen atoms in total. The van der Waals surface area contributed by atoms with Gasteiger partial charge in [0.1, 0.15) is 11.5 Å². The maximum atomic E-state index is 9.94. The third-order valence-corrected chi connectivity index (χ3v) is 3.50. The highest BCUT2D eigenvalue weighted by Gasteiger charge is 2.15. The van der Waals surface area contributed by atoms with E-state index in [0.717, 1.165) is 16.6 Å². The second kappa shape index (κ2) is 5.32. The summed E-state index contributed by atoms with van der Waals surface area (Å²) in [6.45, 7) is 1.89. The fraction of sp³-hybridized carbons (Fsp3) is 0.118. The maximum Gasteiger partial charge on any atom is 0.124 e. The van der Waals surface area contributed by atoms with Crippen LogP contribution in [0.3, 0.4) is 0 Å². The minimum Gasteiger partial charge on any atom is -0.507 e. The van der Waals surface area contributed by atoms with Gasteiger partial charge in [0.05, 0.1) is 22.8 Å². The molecule has 1 aromatic heterocycles. The lowest BCUT2D eigenvalue weighted by Gasteiger charge is -2.18. The summed E-state index contributed by atoms with van der Waals surface area (Å²) in [6.07, 6.45) is 1.75. The number of benzene rings is 2. The van der Waals surface area contributed by atoms with Gasteiger partial charge in [0.2, 0.25) is 0 Å². The van der Waals surface area contributed by atoms with Gasteiger partial charge < -0.3 is 15.5 Å². The molecule has 3 N–H and O–H groups in total. The van der Waals surface area contributed by atoms with E-state index < -0.39 is 0 Å². The van der Waals surface area contributed by atoms with E-state index in [4.69, 9.17) is 0 Å². The number of nitrogens with zero attached hydrogens (tertiary/aromatic N) is 1. The molecular weight excluding hydrogens is 264 g/mol. The Balaban J connectivity index is 1.99. The molecular formula is C17H16N2O2. The minimum absolute atomic E-state index is 0.0724. The van der Waals surface area contributed by atoms with Crippen LogP contribution < -0.4 is 5.32 Å². The van der Waals surface area contributed by atoms with Crippen LogP contribution in [0, 0.1) is 0 Å². The lowest BCUT2D eigenvalue weighted by atomic mass is 10.0. The highest BCUT2D eigenvalue weighted by atomic mass is 16.3. The molecule has 1 atom stereocenters. The molecule has 0 amide bonds. The topological polar surface area (TPSA) is 65.4 Å². The molecule has 21 heavy (non-hydrogen) atoms. The molecule has 3 aromatic rings. The van der Waals surface area contributed by atoms with Crippen LogP contribution in [0.1, 0.15) is 18.5 Å². The van der Waals surface area contributed by atoms with Gasteiger partial charge in [-0.15, -0.1) is 0 Å². The van der Waals surface area contributed by atoms with Crippen molar-refractivity contribution in [2.24, 2.45) is 0 Å². The molecule has 0 aliphatic rings. The van der Waals surface area contributed by atoms with Crippen LogP contribution in [0.5, 0.6) is 11.5 Å². The second-order valence-electron chi connectivity index (χ2n) is 4.96. The summed E-state index contributed by atoms with van der Waals surface area (Å²) in [6, 6.07) is 14.3. The molecule has 1 unspecified atom stereocenters. The Kier molecular flexibility index (Phi) is 3.36. The fourth-order valence-electron chi connectivity index (χ4n) is 2.51. The van der Waals surface area contributed by atoms with Gasteiger partial charge in [0, 0.05) is 11.6 Å². The molecule has 0 saturated heterocycles. The maximum absolute atomic E-state index is 9.94. The number of aromatic nitrogens is 1. The van der Waals surface area contributed by atoms with Crippen molar-refractivity contribution in [1.82, 2.24) is 4.98 Å². The standard InChI is InChI=1S/C17H16N2O2/c1-11(16-14(20)8-3-9-15(16)21)19-13-7-2-5-12-6-4-10-18-17(12)13/h2-11,19-21H,1H3. The Bertz CT molecular complexity index is 761. The van der Waals surface area contributed by atoms with Crippen LogP contribution in [0.2, 0.25) is 0 Å². The van der Waals surface area contributed by atoms with Crippen LogP contribution in [-0.2, 0) is 0 Å². The van der Waals surface area contributed by atoms with Gasteiger partial charge in [-0.2, -0.15) is 0 Å². The molecule has 106 valence electrons. The third kappa shape index (κ3) is 2.48. The Morgan fingerprint density at radius 1 is 0.952 bits per heavy atom. The molecule has 2 aromatic carbocycles. The number of fused-ring (bicyclic) bond motifs is 1. The van der Waals surface area contributed by atoms with Gasteiger partial charge in [0.15, 0.2) is 0 Å². The van der Waals surface area contributed by atoms with Crippen molar-refractivity contribution in [2.45, 2.75) is 13.0 Å². The Hall–Kier alpha value is -2.75. The lowest BCUT2D eigenvalue weighted by Crippen LogP contribution is -2.07. The average molecular weight is 280 g/mol. The van der Waals surface area contributed by atoms with E-state index in [9.17, 15) is 10.2 Å². The van der Waals surface area contributed by atoms with Crippen LogP contribution in [0.25, 0.3) is 10.9 Å². The zero-order valence-electron chi connectivity index (χ0n) is 11.6. The summed E-state index contributed by atoms with van der Waals surface area (Å²) < 4.78 is 0. The predicted octanol–water partition coefficient (Wildman–Crippen LogP) is 3.82. The van der Waals surface area contributed by atoms with Crippen molar-refractivity contribution < 1.29 is 10.2 Å². The summed E-state index contributed by atoms with van der Waals surface area (Å²) in [5, 5.41) is 24.2. The van der Waals surface area contributed by atoms with E-state index >= 15 is 0 Å². The number of aromatic hydroxyl groups is 2. The van der Waals surface area contributed by atoms with Gasteiger partial charge in [-0.3, -0.25) is 4.98 Å². The average Bonchev–Trinajstić information content (AvgIpc) is 2.47. The Labute approximate surface area is 122 Å². The van der Waals surface area contributed by atoms with Crippen molar-refractivity contribution >= 4 is 16.6 Å². The molecule has 4 heteroatoms. The van der Waals surface area contributed by atoms with E-state index in [0.29, 0.717) is 5.56 Å². The van der Waals surface area contributed by atoms with Gasteiger partial charge in [-0.05, 0) is 31.2 Å². The quantitative estimate of drug-likeness (QED) is 0.682. The zero-order chi connectivity index (χ0) is 14.8. The highest BCUT2D eigenvalue weighted by molar-refractivity contribution is 5.90. The molecule has 0 saturated carbocycles. The van der Waals surface area contributed by atoms with Crippen molar-refractivity contribution in [3.63, 3.8) is 0 Å². The Morgan fingerprint density at radius 2 is 1.62 bits per heavy atom. The lowest BCUT2D eigenvalue weighted by molar-refractivity contribution is 0.434. The van der Waals surface area contributed by atoms with Crippen molar-refractivity contribution in [3.05, 3.63) is 60.3 Å². The van der Waals surface area contributed by atoms with Gasteiger partial charge in [0.25, 0.3) is 0 Å². The Morgan fingerprint density at radius 3 is 2.38 bits per heavy atom. The molecule has 0 aliphatic carbocycles. The number of pyridine rings is 1. The number of nitrogens with one attached hydrogen (secondary N) is 1. The first-order valence-electron chi connectivity index (χ1n) is 6.78. The van der Waals surface area contributed by atoms with E-state index in [1.807, 2.05) is 37.3 Å². The highest BCUT2D eigenvalue weighted by Crippen LogP contribution is 2.35. The molecule has 0 fully saturated rings. The summed E-state index contributed by atoms with van der Waals surface area (Å²) in [4.78, 5) is 4.39. The summed E-state index contributed by atoms with van der Waals surface area (Å²) in [5.74, 6) is 0.145. The number of phenolic OH excluding ortho intramolecular Hbond substituents is 2. The number of phenols is 2. The molecule has 3 rings (SSSR count). The molecule has 0 radical (unpaired) electrons. The monoisotopic (exact) mass is 280 g/mol. The third-order valence-electron chi connectivity index (χ3n) is 3.50. The van der Waals surface area contributed by atoms with E-state index in [1.165, 1.54) is 0 Å². The van der Waals surface area contributed by atoms with Crippen LogP contribution in [0.4, 0.5) is 5.69 Å². The molecule has 0 aliphatic heterocycles. The van der Waals surface area contributed by atoms with E-state index in [2.05, 4.69) is 10.3 Å². The fourth-order valence-corrected chi connectivity index (χ4v) is 2.51. The van der Waals surface area contributed by atoms with Gasteiger partial charge >= 0.3 is 0 Å². The summed E-state index contributed by atoms with van der Waals surface area (Å²) in [7, 11) is 0. The summed E-state index contributed by atoms with van der Waals surface area (Å²) >= 11 is 0. The first kappa shape index (κ1) is 13.2. The summed E-state index contributed by atoms with van der Waals surface area (Å²) in [5.41, 5.74) is 2.20. The number of anilines is 1. The van der Waals surface area contributed by atoms with Gasteiger partial charge in [-0.25, -0.2) is 0 Å². The van der Waals surface area contributed by atoms with Crippen molar-refractivity contribution in [3.8, 4) is 11.5 Å². The zero-order valence-corrected chi connectivity index (χ0v) is 11.6. The number of hydrogen-bond donors (Lipinski definition) is 3. The second-order valence-corrected chi connectivity index (χ2v) is 4.96. The van der Waals surface area contributed by atoms with Crippen molar-refractivity contribution in [1.29, 1.82) is 0 Å². The number of rotatable bonds is 3. The van der Waals surface area contributed by atoms with Crippen LogP contribution in [-0.4, -0.2) is 15.2 Å². The molecule has 0 spiro atoms. The largest absolute Gasteiger partial charge is 0.507 e. The number of para-hydroxylation sites is 1. The van der Waals surface area contributed by atoms with Crippen molar-refractivity contribution in [2.75, 3.05) is 5.32 Å². The van der Waals surface area contributed by atoms with Gasteiger partial charge in [-0.1, -0.05) is 24.3 Å². The first-order chi connectivity index (χ1) is 10.2. The minimum atomic E-state index is -0.251. The van der Waals surface area contributed by atoms with E-state index in [1.54, 1.807) is 24.4 Å². The predicted molar refractivity (Wildman–Crippen MR) is 83.6 cm³/mol. The van der Waals surface area contributed by atoms with Crippen LogP contribution >= 0.6 is 0 Å².